The van der Waals surface area contributed by atoms with Crippen LogP contribution in [0.1, 0.15) is 18.9 Å². The fourth-order valence-electron chi connectivity index (χ4n) is 1.28. The van der Waals surface area contributed by atoms with Crippen LogP contribution >= 0.6 is 23.1 Å². The minimum Gasteiger partial charge on any atom is -0.341 e. The van der Waals surface area contributed by atoms with E-state index in [4.69, 9.17) is 5.73 Å². The number of carbonyl (C=O) groups is 1. The molecule has 0 fully saturated rings. The maximum Gasteiger partial charge on any atom is 0.232 e. The Bertz CT molecular complexity index is 325. The molecular weight excluding hydrogens is 252 g/mol. The molecule has 96 valence electrons. The quantitative estimate of drug-likeness (QED) is 0.774. The van der Waals surface area contributed by atoms with Crippen molar-refractivity contribution in [1.29, 1.82) is 0 Å². The van der Waals surface area contributed by atoms with E-state index in [0.717, 1.165) is 12.2 Å². The zero-order valence-electron chi connectivity index (χ0n) is 10.4. The van der Waals surface area contributed by atoms with Gasteiger partial charge < -0.3 is 10.6 Å². The Balaban J connectivity index is 2.18. The van der Waals surface area contributed by atoms with Gasteiger partial charge in [0.25, 0.3) is 0 Å². The third-order valence-corrected chi connectivity index (χ3v) is 4.08. The highest BCUT2D eigenvalue weighted by Gasteiger charge is 2.09. The van der Waals surface area contributed by atoms with Gasteiger partial charge in [-0.15, -0.1) is 0 Å². The molecule has 0 aliphatic heterocycles. The number of carbonyl (C=O) groups excluding carboxylic acids is 1. The van der Waals surface area contributed by atoms with Crippen LogP contribution in [0, 0.1) is 0 Å². The van der Waals surface area contributed by atoms with Gasteiger partial charge in [-0.1, -0.05) is 0 Å². The Labute approximate surface area is 111 Å². The molecule has 1 unspecified atom stereocenters. The van der Waals surface area contributed by atoms with Crippen molar-refractivity contribution in [2.24, 2.45) is 5.73 Å². The molecule has 0 bridgehead atoms. The molecule has 0 saturated heterocycles. The van der Waals surface area contributed by atoms with E-state index in [1.54, 1.807) is 28.0 Å². The summed E-state index contributed by atoms with van der Waals surface area (Å²) in [7, 11) is 1.85. The molecule has 0 spiro atoms. The van der Waals surface area contributed by atoms with Crippen LogP contribution in [0.5, 0.6) is 0 Å². The van der Waals surface area contributed by atoms with E-state index < -0.39 is 0 Å². The van der Waals surface area contributed by atoms with E-state index in [0.29, 0.717) is 12.3 Å². The summed E-state index contributed by atoms with van der Waals surface area (Å²) in [5.41, 5.74) is 6.85. The lowest BCUT2D eigenvalue weighted by atomic mass is 10.3. The van der Waals surface area contributed by atoms with Gasteiger partial charge in [0.05, 0.1) is 5.75 Å². The summed E-state index contributed by atoms with van der Waals surface area (Å²) in [5.74, 6) is 1.69. The number of thiophene rings is 1. The molecule has 1 atom stereocenters. The van der Waals surface area contributed by atoms with E-state index in [2.05, 4.69) is 11.4 Å². The molecule has 0 radical (unpaired) electrons. The normalized spacial score (nSPS) is 12.4. The van der Waals surface area contributed by atoms with Crippen LogP contribution in [0.25, 0.3) is 0 Å². The van der Waals surface area contributed by atoms with Crippen LogP contribution in [0.3, 0.4) is 0 Å². The molecule has 5 heteroatoms. The first-order valence-corrected chi connectivity index (χ1v) is 7.77. The molecule has 1 rings (SSSR count). The lowest BCUT2D eigenvalue weighted by Gasteiger charge is -2.16. The summed E-state index contributed by atoms with van der Waals surface area (Å²) in [5, 5.41) is 4.11. The zero-order chi connectivity index (χ0) is 12.7. The summed E-state index contributed by atoms with van der Waals surface area (Å²) >= 11 is 3.32. The lowest BCUT2D eigenvalue weighted by molar-refractivity contribution is -0.127. The first kappa shape index (κ1) is 14.5. The second-order valence-electron chi connectivity index (χ2n) is 4.20. The third-order valence-electron chi connectivity index (χ3n) is 2.37. The Kier molecular flexibility index (Phi) is 6.62. The maximum atomic E-state index is 11.8. The van der Waals surface area contributed by atoms with E-state index >= 15 is 0 Å². The van der Waals surface area contributed by atoms with Crippen LogP contribution in [0.15, 0.2) is 16.8 Å². The number of thioether (sulfide) groups is 1. The predicted octanol–water partition coefficient (Wildman–Crippen LogP) is 2.18. The summed E-state index contributed by atoms with van der Waals surface area (Å²) in [6.45, 7) is 2.70. The van der Waals surface area contributed by atoms with Gasteiger partial charge in [0, 0.05) is 19.6 Å². The summed E-state index contributed by atoms with van der Waals surface area (Å²) in [6, 6.07) is 2.28. The van der Waals surface area contributed by atoms with Gasteiger partial charge in [-0.25, -0.2) is 0 Å². The van der Waals surface area contributed by atoms with Crippen molar-refractivity contribution in [3.63, 3.8) is 0 Å². The van der Waals surface area contributed by atoms with Crippen molar-refractivity contribution < 1.29 is 4.79 Å². The fraction of sp³-hybridized carbons (Fsp3) is 0.583. The molecule has 1 heterocycles. The van der Waals surface area contributed by atoms with Gasteiger partial charge in [-0.2, -0.15) is 23.1 Å². The third kappa shape index (κ3) is 6.10. The number of rotatable bonds is 7. The van der Waals surface area contributed by atoms with Crippen molar-refractivity contribution in [2.45, 2.75) is 25.9 Å². The highest BCUT2D eigenvalue weighted by Crippen LogP contribution is 2.10. The van der Waals surface area contributed by atoms with Gasteiger partial charge >= 0.3 is 0 Å². The van der Waals surface area contributed by atoms with Gasteiger partial charge in [-0.3, -0.25) is 4.79 Å². The predicted molar refractivity (Wildman–Crippen MR) is 76.4 cm³/mol. The highest BCUT2D eigenvalue weighted by molar-refractivity contribution is 7.99. The molecule has 1 amide bonds. The standard InChI is InChI=1S/C12H20N2OS2/c1-10(13)3-5-17-9-12(15)14(2)7-11-4-6-16-8-11/h4,6,8,10H,3,5,7,9,13H2,1-2H3. The second-order valence-corrected chi connectivity index (χ2v) is 6.09. The minimum atomic E-state index is 0.186. The van der Waals surface area contributed by atoms with Crippen LogP contribution < -0.4 is 5.73 Å². The number of nitrogens with two attached hydrogens (primary N) is 1. The van der Waals surface area contributed by atoms with Gasteiger partial charge in [0.15, 0.2) is 0 Å². The molecule has 0 saturated carbocycles. The second kappa shape index (κ2) is 7.74. The van der Waals surface area contributed by atoms with E-state index in [-0.39, 0.29) is 11.9 Å². The van der Waals surface area contributed by atoms with Gasteiger partial charge in [0.2, 0.25) is 5.91 Å². The lowest BCUT2D eigenvalue weighted by Crippen LogP contribution is -2.27. The first-order valence-electron chi connectivity index (χ1n) is 5.68. The number of amides is 1. The van der Waals surface area contributed by atoms with Crippen molar-refractivity contribution in [1.82, 2.24) is 4.90 Å². The van der Waals surface area contributed by atoms with Gasteiger partial charge in [0.1, 0.15) is 0 Å². The van der Waals surface area contributed by atoms with Gasteiger partial charge in [-0.05, 0) is 41.5 Å². The average Bonchev–Trinajstić information content (AvgIpc) is 2.76. The number of hydrogen-bond acceptors (Lipinski definition) is 4. The smallest absolute Gasteiger partial charge is 0.232 e. The maximum absolute atomic E-state index is 11.8. The van der Waals surface area contributed by atoms with Crippen LogP contribution in [0.2, 0.25) is 0 Å². The molecule has 3 nitrogen and oxygen atoms in total. The average molecular weight is 272 g/mol. The highest BCUT2D eigenvalue weighted by atomic mass is 32.2. The van der Waals surface area contributed by atoms with Crippen molar-refractivity contribution in [3.8, 4) is 0 Å². The number of nitrogens with zero attached hydrogens (tertiary/aromatic N) is 1. The van der Waals surface area contributed by atoms with Crippen LogP contribution in [-0.4, -0.2) is 35.4 Å². The molecule has 17 heavy (non-hydrogen) atoms. The molecule has 0 aliphatic carbocycles. The van der Waals surface area contributed by atoms with Crippen molar-refractivity contribution >= 4 is 29.0 Å². The number of hydrogen-bond donors (Lipinski definition) is 1. The largest absolute Gasteiger partial charge is 0.341 e. The monoisotopic (exact) mass is 272 g/mol. The topological polar surface area (TPSA) is 46.3 Å². The molecule has 1 aromatic rings. The molecule has 1 aromatic heterocycles. The molecule has 2 N–H and O–H groups in total. The Hall–Kier alpha value is -0.520. The van der Waals surface area contributed by atoms with E-state index in [9.17, 15) is 4.79 Å². The minimum absolute atomic E-state index is 0.186. The zero-order valence-corrected chi connectivity index (χ0v) is 12.0. The summed E-state index contributed by atoms with van der Waals surface area (Å²) in [6.07, 6.45) is 0.964. The Morgan fingerprint density at radius 2 is 2.41 bits per heavy atom. The van der Waals surface area contributed by atoms with Crippen molar-refractivity contribution in [3.05, 3.63) is 22.4 Å². The molecular formula is C12H20N2OS2. The molecule has 0 aliphatic rings. The Morgan fingerprint density at radius 3 is 3.00 bits per heavy atom. The Morgan fingerprint density at radius 1 is 1.65 bits per heavy atom. The molecule has 0 aromatic carbocycles. The van der Waals surface area contributed by atoms with E-state index in [1.807, 2.05) is 19.4 Å². The fourth-order valence-corrected chi connectivity index (χ4v) is 3.02. The summed E-state index contributed by atoms with van der Waals surface area (Å²) < 4.78 is 0. The van der Waals surface area contributed by atoms with Crippen molar-refractivity contribution in [2.75, 3.05) is 18.6 Å². The van der Waals surface area contributed by atoms with Crippen LogP contribution in [0.4, 0.5) is 0 Å². The summed E-state index contributed by atoms with van der Waals surface area (Å²) in [4.78, 5) is 13.6. The SMILES string of the molecule is CC(N)CCSCC(=O)N(C)Cc1ccsc1. The van der Waals surface area contributed by atoms with Crippen LogP contribution in [-0.2, 0) is 11.3 Å². The van der Waals surface area contributed by atoms with E-state index in [1.165, 1.54) is 5.56 Å². The first-order chi connectivity index (χ1) is 8.09.